The topological polar surface area (TPSA) is 45.8 Å². The van der Waals surface area contributed by atoms with Crippen molar-refractivity contribution < 1.29 is 14.3 Å². The molecule has 0 unspecified atom stereocenters. The zero-order valence-corrected chi connectivity index (χ0v) is 12.5. The van der Waals surface area contributed by atoms with E-state index in [1.165, 1.54) is 0 Å². The van der Waals surface area contributed by atoms with Crippen LogP contribution in [0.2, 0.25) is 0 Å². The predicted molar refractivity (Wildman–Crippen MR) is 76.4 cm³/mol. The molecule has 20 heavy (non-hydrogen) atoms. The van der Waals surface area contributed by atoms with Gasteiger partial charge in [0.2, 0.25) is 0 Å². The third-order valence-corrected chi connectivity index (χ3v) is 5.07. The van der Waals surface area contributed by atoms with E-state index in [2.05, 4.69) is 11.0 Å². The van der Waals surface area contributed by atoms with Crippen molar-refractivity contribution in [3.8, 4) is 0 Å². The number of ether oxygens (including phenoxy) is 1. The first-order chi connectivity index (χ1) is 9.64. The van der Waals surface area contributed by atoms with E-state index in [0.29, 0.717) is 0 Å². The van der Waals surface area contributed by atoms with Crippen molar-refractivity contribution in [1.29, 1.82) is 0 Å². The van der Waals surface area contributed by atoms with E-state index in [1.807, 2.05) is 19.9 Å². The van der Waals surface area contributed by atoms with E-state index in [9.17, 15) is 5.11 Å². The first-order valence-electron chi connectivity index (χ1n) is 7.71. The molecule has 0 radical (unpaired) electrons. The van der Waals surface area contributed by atoms with Gasteiger partial charge in [0.1, 0.15) is 11.5 Å². The summed E-state index contributed by atoms with van der Waals surface area (Å²) in [5, 5.41) is 10.2. The van der Waals surface area contributed by atoms with Crippen LogP contribution in [0.25, 0.3) is 0 Å². The molecule has 2 heterocycles. The molecule has 1 N–H and O–H groups in total. The first kappa shape index (κ1) is 14.1. The number of hydrogen-bond acceptors (Lipinski definition) is 4. The van der Waals surface area contributed by atoms with Gasteiger partial charge in [-0.3, -0.25) is 4.90 Å². The average molecular weight is 279 g/mol. The number of aryl methyl sites for hydroxylation is 1. The normalized spacial score (nSPS) is 29.6. The number of rotatable bonds is 4. The van der Waals surface area contributed by atoms with E-state index in [-0.39, 0.29) is 17.6 Å². The molecule has 4 nitrogen and oxygen atoms in total. The van der Waals surface area contributed by atoms with Crippen LogP contribution in [0.15, 0.2) is 16.5 Å². The molecule has 2 fully saturated rings. The van der Waals surface area contributed by atoms with Crippen molar-refractivity contribution in [2.24, 2.45) is 5.41 Å². The summed E-state index contributed by atoms with van der Waals surface area (Å²) in [6.07, 6.45) is 2.95. The van der Waals surface area contributed by atoms with Crippen molar-refractivity contribution >= 4 is 0 Å². The van der Waals surface area contributed by atoms with Gasteiger partial charge < -0.3 is 14.3 Å². The Hall–Kier alpha value is -0.840. The number of aliphatic hydroxyl groups is 1. The summed E-state index contributed by atoms with van der Waals surface area (Å²) in [6, 6.07) is 4.07. The smallest absolute Gasteiger partial charge is 0.118 e. The molecule has 2 aliphatic rings. The number of hydrogen-bond donors (Lipinski definition) is 1. The van der Waals surface area contributed by atoms with Gasteiger partial charge in [0.25, 0.3) is 0 Å². The van der Waals surface area contributed by atoms with Crippen molar-refractivity contribution in [2.45, 2.75) is 51.9 Å². The van der Waals surface area contributed by atoms with Crippen LogP contribution in [0, 0.1) is 12.3 Å². The van der Waals surface area contributed by atoms with Crippen LogP contribution < -0.4 is 0 Å². The number of likely N-dealkylation sites (tertiary alicyclic amines) is 1. The van der Waals surface area contributed by atoms with Crippen molar-refractivity contribution in [3.05, 3.63) is 23.7 Å². The van der Waals surface area contributed by atoms with Gasteiger partial charge in [0.05, 0.1) is 18.8 Å². The van der Waals surface area contributed by atoms with Crippen LogP contribution in [-0.2, 0) is 11.3 Å². The van der Waals surface area contributed by atoms with E-state index in [4.69, 9.17) is 9.15 Å². The predicted octanol–water partition coefficient (Wildman–Crippen LogP) is 2.34. The molecule has 1 aromatic heterocycles. The summed E-state index contributed by atoms with van der Waals surface area (Å²) in [5.74, 6) is 2.01. The second-order valence-electron chi connectivity index (χ2n) is 6.22. The summed E-state index contributed by atoms with van der Waals surface area (Å²) >= 11 is 0. The van der Waals surface area contributed by atoms with Crippen LogP contribution in [0.1, 0.15) is 37.7 Å². The Morgan fingerprint density at radius 3 is 2.70 bits per heavy atom. The summed E-state index contributed by atoms with van der Waals surface area (Å²) in [4.78, 5) is 2.41. The summed E-state index contributed by atoms with van der Waals surface area (Å²) in [6.45, 7) is 7.66. The summed E-state index contributed by atoms with van der Waals surface area (Å²) in [5.41, 5.74) is 0.0194. The van der Waals surface area contributed by atoms with E-state index in [0.717, 1.165) is 57.0 Å². The monoisotopic (exact) mass is 279 g/mol. The third-order valence-electron chi connectivity index (χ3n) is 5.07. The molecule has 1 aliphatic carbocycles. The molecule has 0 aromatic carbocycles. The molecule has 112 valence electrons. The Kier molecular flexibility index (Phi) is 3.89. The van der Waals surface area contributed by atoms with Crippen molar-refractivity contribution in [1.82, 2.24) is 4.90 Å². The summed E-state index contributed by atoms with van der Waals surface area (Å²) < 4.78 is 11.4. The molecule has 0 amide bonds. The Morgan fingerprint density at radius 2 is 2.15 bits per heavy atom. The van der Waals surface area contributed by atoms with Gasteiger partial charge in [-0.05, 0) is 51.9 Å². The number of furan rings is 1. The quantitative estimate of drug-likeness (QED) is 0.919. The molecular weight excluding hydrogens is 254 g/mol. The second kappa shape index (κ2) is 5.51. The number of aliphatic hydroxyl groups excluding tert-OH is 1. The third kappa shape index (κ3) is 2.41. The van der Waals surface area contributed by atoms with Crippen LogP contribution in [0.4, 0.5) is 0 Å². The molecule has 2 atom stereocenters. The van der Waals surface area contributed by atoms with Crippen LogP contribution in [0.5, 0.6) is 0 Å². The molecule has 4 heteroatoms. The Bertz CT molecular complexity index is 446. The SMILES string of the molecule is CCO[C@H]1C[C@H](O)C12CCN(Cc1ccc(C)o1)CC2. The fourth-order valence-corrected chi connectivity index (χ4v) is 3.73. The maximum Gasteiger partial charge on any atom is 0.118 e. The van der Waals surface area contributed by atoms with Gasteiger partial charge >= 0.3 is 0 Å². The molecular formula is C16H25NO3. The fourth-order valence-electron chi connectivity index (χ4n) is 3.73. The average Bonchev–Trinajstić information content (AvgIpc) is 2.85. The maximum absolute atomic E-state index is 10.2. The van der Waals surface area contributed by atoms with Crippen molar-refractivity contribution in [3.63, 3.8) is 0 Å². The molecule has 1 spiro atoms. The molecule has 1 aromatic rings. The zero-order valence-electron chi connectivity index (χ0n) is 12.5. The minimum atomic E-state index is -0.174. The second-order valence-corrected chi connectivity index (χ2v) is 6.22. The molecule has 1 saturated heterocycles. The minimum Gasteiger partial charge on any atom is -0.465 e. The molecule has 3 rings (SSSR count). The Morgan fingerprint density at radius 1 is 1.40 bits per heavy atom. The van der Waals surface area contributed by atoms with Gasteiger partial charge in [-0.25, -0.2) is 0 Å². The van der Waals surface area contributed by atoms with Crippen LogP contribution in [0.3, 0.4) is 0 Å². The zero-order chi connectivity index (χ0) is 14.2. The lowest BCUT2D eigenvalue weighted by molar-refractivity contribution is -0.210. The van der Waals surface area contributed by atoms with E-state index >= 15 is 0 Å². The standard InChI is InChI=1S/C16H25NO3/c1-3-19-15-10-14(18)16(15)6-8-17(9-7-16)11-13-5-4-12(2)20-13/h4-5,14-15,18H,3,6-11H2,1-2H3/t14-,15-/m0/s1. The van der Waals surface area contributed by atoms with E-state index < -0.39 is 0 Å². The van der Waals surface area contributed by atoms with Gasteiger partial charge in [-0.15, -0.1) is 0 Å². The molecule has 1 saturated carbocycles. The minimum absolute atomic E-state index is 0.0194. The Balaban J connectivity index is 1.56. The first-order valence-corrected chi connectivity index (χ1v) is 7.71. The number of nitrogens with zero attached hydrogens (tertiary/aromatic N) is 1. The van der Waals surface area contributed by atoms with Gasteiger partial charge in [-0.2, -0.15) is 0 Å². The maximum atomic E-state index is 10.2. The molecule has 1 aliphatic heterocycles. The van der Waals surface area contributed by atoms with Gasteiger partial charge in [-0.1, -0.05) is 0 Å². The fraction of sp³-hybridized carbons (Fsp3) is 0.750. The highest BCUT2D eigenvalue weighted by atomic mass is 16.5. The molecule has 0 bridgehead atoms. The van der Waals surface area contributed by atoms with Crippen LogP contribution >= 0.6 is 0 Å². The van der Waals surface area contributed by atoms with Gasteiger partial charge in [0.15, 0.2) is 0 Å². The Labute approximate surface area is 120 Å². The van der Waals surface area contributed by atoms with Crippen LogP contribution in [-0.4, -0.2) is 41.9 Å². The van der Waals surface area contributed by atoms with Gasteiger partial charge in [0, 0.05) is 18.4 Å². The number of piperidine rings is 1. The lowest BCUT2D eigenvalue weighted by Crippen LogP contribution is -2.62. The largest absolute Gasteiger partial charge is 0.465 e. The highest BCUT2D eigenvalue weighted by Crippen LogP contribution is 2.51. The van der Waals surface area contributed by atoms with E-state index in [1.54, 1.807) is 0 Å². The highest BCUT2D eigenvalue weighted by Gasteiger charge is 2.55. The lowest BCUT2D eigenvalue weighted by Gasteiger charge is -2.56. The van der Waals surface area contributed by atoms with Crippen molar-refractivity contribution in [2.75, 3.05) is 19.7 Å². The lowest BCUT2D eigenvalue weighted by atomic mass is 9.58. The summed E-state index contributed by atoms with van der Waals surface area (Å²) in [7, 11) is 0. The highest BCUT2D eigenvalue weighted by molar-refractivity contribution is 5.08.